The van der Waals surface area contributed by atoms with Crippen LogP contribution < -0.4 is 0 Å². The van der Waals surface area contributed by atoms with E-state index < -0.39 is 0 Å². The maximum absolute atomic E-state index is 9.25. The van der Waals surface area contributed by atoms with Crippen LogP contribution in [0.4, 0.5) is 0 Å². The summed E-state index contributed by atoms with van der Waals surface area (Å²) in [5.74, 6) is 2.19. The highest BCUT2D eigenvalue weighted by Crippen LogP contribution is 2.34. The molecule has 1 fully saturated rings. The lowest BCUT2D eigenvalue weighted by atomic mass is 9.78. The molecule has 1 aliphatic rings. The van der Waals surface area contributed by atoms with Gasteiger partial charge in [-0.3, -0.25) is 0 Å². The van der Waals surface area contributed by atoms with Crippen molar-refractivity contribution in [3.05, 3.63) is 0 Å². The SMILES string of the molecule is COCCSCCCC1(C#N)CCOCC1. The van der Waals surface area contributed by atoms with E-state index in [0.717, 1.165) is 57.0 Å². The Hall–Kier alpha value is -0.240. The van der Waals surface area contributed by atoms with E-state index in [-0.39, 0.29) is 5.41 Å². The molecule has 1 aliphatic heterocycles. The number of nitriles is 1. The molecule has 3 nitrogen and oxygen atoms in total. The lowest BCUT2D eigenvalue weighted by Crippen LogP contribution is -2.28. The molecular weight excluding hydrogens is 222 g/mol. The highest BCUT2D eigenvalue weighted by atomic mass is 32.2. The van der Waals surface area contributed by atoms with E-state index in [9.17, 15) is 5.26 Å². The zero-order chi connectivity index (χ0) is 11.7. The van der Waals surface area contributed by atoms with Crippen molar-refractivity contribution in [2.45, 2.75) is 25.7 Å². The second-order valence-corrected chi connectivity index (χ2v) is 5.44. The van der Waals surface area contributed by atoms with Gasteiger partial charge in [0, 0.05) is 26.1 Å². The van der Waals surface area contributed by atoms with E-state index in [4.69, 9.17) is 9.47 Å². The third kappa shape index (κ3) is 4.73. The van der Waals surface area contributed by atoms with Crippen LogP contribution >= 0.6 is 11.8 Å². The molecule has 16 heavy (non-hydrogen) atoms. The molecule has 0 aromatic carbocycles. The molecule has 0 spiro atoms. The van der Waals surface area contributed by atoms with Crippen LogP contribution in [0.1, 0.15) is 25.7 Å². The first kappa shape index (κ1) is 13.8. The maximum atomic E-state index is 9.25. The molecule has 4 heteroatoms. The van der Waals surface area contributed by atoms with Gasteiger partial charge in [-0.05, 0) is 31.4 Å². The topological polar surface area (TPSA) is 42.2 Å². The van der Waals surface area contributed by atoms with Gasteiger partial charge in [0.1, 0.15) is 0 Å². The van der Waals surface area contributed by atoms with Crippen LogP contribution in [0.15, 0.2) is 0 Å². The van der Waals surface area contributed by atoms with Crippen LogP contribution in [0, 0.1) is 16.7 Å². The first-order chi connectivity index (χ1) is 7.83. The summed E-state index contributed by atoms with van der Waals surface area (Å²) < 4.78 is 10.3. The largest absolute Gasteiger partial charge is 0.384 e. The molecule has 0 radical (unpaired) electrons. The third-order valence-electron chi connectivity index (χ3n) is 3.06. The Kier molecular flexibility index (Phi) is 6.86. The van der Waals surface area contributed by atoms with E-state index in [0.29, 0.717) is 0 Å². The Bertz CT molecular complexity index is 222. The fraction of sp³-hybridized carbons (Fsp3) is 0.917. The van der Waals surface area contributed by atoms with Crippen LogP contribution in [0.25, 0.3) is 0 Å². The Morgan fingerprint density at radius 3 is 2.75 bits per heavy atom. The standard InChI is InChI=1S/C12H21NO2S/c1-14-8-10-16-9-2-3-12(11-13)4-6-15-7-5-12/h2-10H2,1H3. The highest BCUT2D eigenvalue weighted by Gasteiger charge is 2.31. The number of methoxy groups -OCH3 is 1. The number of ether oxygens (including phenoxy) is 2. The van der Waals surface area contributed by atoms with E-state index in [2.05, 4.69) is 6.07 Å². The lowest BCUT2D eigenvalue weighted by Gasteiger charge is -2.30. The van der Waals surface area contributed by atoms with E-state index in [1.165, 1.54) is 0 Å². The van der Waals surface area contributed by atoms with Crippen LogP contribution in [0.2, 0.25) is 0 Å². The smallest absolute Gasteiger partial charge is 0.0691 e. The van der Waals surface area contributed by atoms with Crippen molar-refractivity contribution in [2.24, 2.45) is 5.41 Å². The Morgan fingerprint density at radius 1 is 1.38 bits per heavy atom. The van der Waals surface area contributed by atoms with Gasteiger partial charge in [0.15, 0.2) is 0 Å². The molecule has 0 saturated carbocycles. The van der Waals surface area contributed by atoms with Gasteiger partial charge in [0.05, 0.1) is 18.1 Å². The van der Waals surface area contributed by atoms with Crippen molar-refractivity contribution < 1.29 is 9.47 Å². The predicted molar refractivity (Wildman–Crippen MR) is 66.5 cm³/mol. The zero-order valence-corrected chi connectivity index (χ0v) is 10.9. The van der Waals surface area contributed by atoms with Gasteiger partial charge in [-0.2, -0.15) is 17.0 Å². The molecule has 92 valence electrons. The molecule has 1 heterocycles. The van der Waals surface area contributed by atoms with Gasteiger partial charge in [-0.1, -0.05) is 0 Å². The van der Waals surface area contributed by atoms with Crippen molar-refractivity contribution in [1.82, 2.24) is 0 Å². The molecule has 0 aromatic heterocycles. The number of thioether (sulfide) groups is 1. The minimum atomic E-state index is -0.0972. The quantitative estimate of drug-likeness (QED) is 0.644. The minimum absolute atomic E-state index is 0.0972. The molecule has 0 unspecified atom stereocenters. The fourth-order valence-electron chi connectivity index (χ4n) is 1.94. The fourth-order valence-corrected chi connectivity index (χ4v) is 2.77. The van der Waals surface area contributed by atoms with E-state index in [1.54, 1.807) is 7.11 Å². The summed E-state index contributed by atoms with van der Waals surface area (Å²) in [7, 11) is 1.73. The van der Waals surface area contributed by atoms with Crippen molar-refractivity contribution in [3.63, 3.8) is 0 Å². The first-order valence-corrected chi connectivity index (χ1v) is 7.04. The van der Waals surface area contributed by atoms with Crippen LogP contribution in [-0.2, 0) is 9.47 Å². The van der Waals surface area contributed by atoms with Crippen molar-refractivity contribution in [3.8, 4) is 6.07 Å². The van der Waals surface area contributed by atoms with Crippen LogP contribution in [0.5, 0.6) is 0 Å². The van der Waals surface area contributed by atoms with Gasteiger partial charge >= 0.3 is 0 Å². The van der Waals surface area contributed by atoms with Gasteiger partial charge in [-0.15, -0.1) is 0 Å². The summed E-state index contributed by atoms with van der Waals surface area (Å²) in [6.07, 6.45) is 3.97. The van der Waals surface area contributed by atoms with E-state index >= 15 is 0 Å². The Labute approximate surface area is 102 Å². The van der Waals surface area contributed by atoms with Crippen molar-refractivity contribution in [1.29, 1.82) is 5.26 Å². The predicted octanol–water partition coefficient (Wildman–Crippen LogP) is 2.47. The monoisotopic (exact) mass is 243 g/mol. The van der Waals surface area contributed by atoms with Crippen LogP contribution in [-0.4, -0.2) is 38.4 Å². The molecule has 0 N–H and O–H groups in total. The average Bonchev–Trinajstić information content (AvgIpc) is 2.35. The average molecular weight is 243 g/mol. The van der Waals surface area contributed by atoms with Gasteiger partial charge < -0.3 is 9.47 Å². The van der Waals surface area contributed by atoms with E-state index in [1.807, 2.05) is 11.8 Å². The molecule has 0 amide bonds. The summed E-state index contributed by atoms with van der Waals surface area (Å²) in [6.45, 7) is 2.33. The summed E-state index contributed by atoms with van der Waals surface area (Å²) in [5.41, 5.74) is -0.0972. The van der Waals surface area contributed by atoms with Crippen molar-refractivity contribution in [2.75, 3.05) is 38.4 Å². The zero-order valence-electron chi connectivity index (χ0n) is 10.0. The highest BCUT2D eigenvalue weighted by molar-refractivity contribution is 7.99. The first-order valence-electron chi connectivity index (χ1n) is 5.89. The lowest BCUT2D eigenvalue weighted by molar-refractivity contribution is 0.0368. The number of rotatable bonds is 7. The van der Waals surface area contributed by atoms with Crippen LogP contribution in [0.3, 0.4) is 0 Å². The number of nitrogens with zero attached hydrogens (tertiary/aromatic N) is 1. The molecule has 0 atom stereocenters. The molecule has 1 rings (SSSR count). The Balaban J connectivity index is 2.12. The Morgan fingerprint density at radius 2 is 2.12 bits per heavy atom. The normalized spacial score (nSPS) is 19.2. The molecule has 0 aromatic rings. The second-order valence-electron chi connectivity index (χ2n) is 4.21. The summed E-state index contributed by atoms with van der Waals surface area (Å²) >= 11 is 1.91. The molecular formula is C12H21NO2S. The number of hydrogen-bond acceptors (Lipinski definition) is 4. The molecule has 0 aliphatic carbocycles. The second kappa shape index (κ2) is 7.94. The summed E-state index contributed by atoms with van der Waals surface area (Å²) in [6, 6.07) is 2.51. The van der Waals surface area contributed by atoms with Gasteiger partial charge in [-0.25, -0.2) is 0 Å². The maximum Gasteiger partial charge on any atom is 0.0691 e. The molecule has 0 bridgehead atoms. The number of hydrogen-bond donors (Lipinski definition) is 0. The molecule has 1 saturated heterocycles. The van der Waals surface area contributed by atoms with Gasteiger partial charge in [0.2, 0.25) is 0 Å². The third-order valence-corrected chi connectivity index (χ3v) is 4.10. The minimum Gasteiger partial charge on any atom is -0.384 e. The van der Waals surface area contributed by atoms with Gasteiger partial charge in [0.25, 0.3) is 0 Å². The summed E-state index contributed by atoms with van der Waals surface area (Å²) in [4.78, 5) is 0. The summed E-state index contributed by atoms with van der Waals surface area (Å²) in [5, 5.41) is 9.25. The van der Waals surface area contributed by atoms with Crippen molar-refractivity contribution >= 4 is 11.8 Å².